The van der Waals surface area contributed by atoms with E-state index < -0.39 is 17.7 Å². The van der Waals surface area contributed by atoms with E-state index >= 15 is 0 Å². The summed E-state index contributed by atoms with van der Waals surface area (Å²) in [4.78, 5) is 25.5. The predicted octanol–water partition coefficient (Wildman–Crippen LogP) is 1.53. The van der Waals surface area contributed by atoms with Gasteiger partial charge in [-0.25, -0.2) is 4.79 Å². The van der Waals surface area contributed by atoms with Crippen LogP contribution in [-0.4, -0.2) is 41.6 Å². The summed E-state index contributed by atoms with van der Waals surface area (Å²) in [5.41, 5.74) is -0.551. The molecule has 1 heterocycles. The molecule has 106 valence electrons. The summed E-state index contributed by atoms with van der Waals surface area (Å²) in [6, 6.07) is -0.437. The Morgan fingerprint density at radius 1 is 1.47 bits per heavy atom. The topological polar surface area (TPSA) is 58.6 Å². The van der Waals surface area contributed by atoms with E-state index in [1.54, 1.807) is 0 Å². The summed E-state index contributed by atoms with van der Waals surface area (Å²) in [5.74, 6) is 2.30. The van der Waals surface area contributed by atoms with Gasteiger partial charge >= 0.3 is 6.09 Å². The molecular weight excluding hydrogens is 244 g/mol. The highest BCUT2D eigenvalue weighted by atomic mass is 16.6. The summed E-state index contributed by atoms with van der Waals surface area (Å²) in [7, 11) is 0. The van der Waals surface area contributed by atoms with Crippen molar-refractivity contribution in [2.75, 3.05) is 13.1 Å². The number of hydrogen-bond acceptors (Lipinski definition) is 3. The highest BCUT2D eigenvalue weighted by Gasteiger charge is 2.36. The van der Waals surface area contributed by atoms with Gasteiger partial charge in [-0.05, 0) is 33.6 Å². The van der Waals surface area contributed by atoms with Crippen molar-refractivity contribution in [3.63, 3.8) is 0 Å². The molecule has 1 saturated heterocycles. The lowest BCUT2D eigenvalue weighted by Gasteiger charge is -2.27. The molecule has 0 aliphatic carbocycles. The fraction of sp³-hybridized carbons (Fsp3) is 0.714. The van der Waals surface area contributed by atoms with Gasteiger partial charge in [0.25, 0.3) is 0 Å². The molecule has 1 rings (SSSR count). The predicted molar refractivity (Wildman–Crippen MR) is 72.4 cm³/mol. The summed E-state index contributed by atoms with van der Waals surface area (Å²) in [6.07, 6.45) is 6.67. The molecule has 0 radical (unpaired) electrons. The van der Waals surface area contributed by atoms with Crippen molar-refractivity contribution in [2.45, 2.75) is 51.7 Å². The second kappa shape index (κ2) is 6.46. The van der Waals surface area contributed by atoms with Crippen LogP contribution in [0, 0.1) is 12.3 Å². The number of rotatable bonds is 3. The van der Waals surface area contributed by atoms with Gasteiger partial charge < -0.3 is 10.1 Å². The molecule has 19 heavy (non-hydrogen) atoms. The Balaban J connectivity index is 2.56. The third-order valence-corrected chi connectivity index (χ3v) is 2.75. The zero-order chi connectivity index (χ0) is 14.5. The van der Waals surface area contributed by atoms with Gasteiger partial charge in [0, 0.05) is 19.5 Å². The minimum absolute atomic E-state index is 0.154. The van der Waals surface area contributed by atoms with Crippen LogP contribution in [0.2, 0.25) is 0 Å². The molecular formula is C14H22N2O3. The quantitative estimate of drug-likeness (QED) is 0.622. The lowest BCUT2D eigenvalue weighted by molar-refractivity contribution is -0.125. The first kappa shape index (κ1) is 15.4. The van der Waals surface area contributed by atoms with E-state index in [9.17, 15) is 9.59 Å². The van der Waals surface area contributed by atoms with Crippen molar-refractivity contribution in [3.8, 4) is 12.3 Å². The lowest BCUT2D eigenvalue weighted by atomic mass is 10.2. The molecule has 5 nitrogen and oxygen atoms in total. The van der Waals surface area contributed by atoms with Crippen molar-refractivity contribution < 1.29 is 14.3 Å². The molecule has 2 amide bonds. The number of hydrogen-bond donors (Lipinski definition) is 1. The molecule has 0 bridgehead atoms. The van der Waals surface area contributed by atoms with Gasteiger partial charge in [0.2, 0.25) is 5.91 Å². The van der Waals surface area contributed by atoms with Gasteiger partial charge in [-0.2, -0.15) is 0 Å². The molecule has 0 aromatic heterocycles. The zero-order valence-electron chi connectivity index (χ0n) is 11.9. The molecule has 5 heteroatoms. The van der Waals surface area contributed by atoms with Crippen LogP contribution >= 0.6 is 0 Å². The van der Waals surface area contributed by atoms with Crippen LogP contribution in [0.3, 0.4) is 0 Å². The van der Waals surface area contributed by atoms with E-state index in [2.05, 4.69) is 11.2 Å². The highest BCUT2D eigenvalue weighted by Crippen LogP contribution is 2.20. The second-order valence-corrected chi connectivity index (χ2v) is 5.58. The van der Waals surface area contributed by atoms with E-state index in [1.165, 1.54) is 4.90 Å². The minimum atomic E-state index is -0.551. The molecule has 1 N–H and O–H groups in total. The number of nitrogens with one attached hydrogen (secondary N) is 1. The standard InChI is InChI=1S/C14H22N2O3/c1-5-6-9-15-12(17)11-8-7-10-16(11)13(18)19-14(2,3)4/h1,11H,6-10H2,2-4H3,(H,15,17)/t11-/m0/s1. The van der Waals surface area contributed by atoms with Crippen LogP contribution in [0.4, 0.5) is 4.79 Å². The number of terminal acetylenes is 1. The van der Waals surface area contributed by atoms with Crippen LogP contribution in [0.25, 0.3) is 0 Å². The maximum absolute atomic E-state index is 12.0. The van der Waals surface area contributed by atoms with E-state index in [0.29, 0.717) is 25.9 Å². The molecule has 0 unspecified atom stereocenters. The number of carbonyl (C=O) groups is 2. The van der Waals surface area contributed by atoms with E-state index in [4.69, 9.17) is 11.2 Å². The van der Waals surface area contributed by atoms with Crippen molar-refractivity contribution in [1.29, 1.82) is 0 Å². The third-order valence-electron chi connectivity index (χ3n) is 2.75. The van der Waals surface area contributed by atoms with Crippen LogP contribution < -0.4 is 5.32 Å². The van der Waals surface area contributed by atoms with Gasteiger partial charge in [0.1, 0.15) is 11.6 Å². The van der Waals surface area contributed by atoms with Crippen molar-refractivity contribution in [3.05, 3.63) is 0 Å². The van der Waals surface area contributed by atoms with Crippen molar-refractivity contribution in [2.24, 2.45) is 0 Å². The number of likely N-dealkylation sites (tertiary alicyclic amines) is 1. The Morgan fingerprint density at radius 3 is 2.74 bits per heavy atom. The summed E-state index contributed by atoms with van der Waals surface area (Å²) < 4.78 is 5.30. The van der Waals surface area contributed by atoms with Crippen molar-refractivity contribution in [1.82, 2.24) is 10.2 Å². The van der Waals surface area contributed by atoms with Gasteiger partial charge in [-0.3, -0.25) is 9.69 Å². The summed E-state index contributed by atoms with van der Waals surface area (Å²) >= 11 is 0. The summed E-state index contributed by atoms with van der Waals surface area (Å²) in [5, 5.41) is 2.74. The molecule has 0 saturated carbocycles. The van der Waals surface area contributed by atoms with Gasteiger partial charge in [-0.1, -0.05) is 0 Å². The Kier molecular flexibility index (Phi) is 5.22. The Hall–Kier alpha value is -1.70. The highest BCUT2D eigenvalue weighted by molar-refractivity contribution is 5.86. The van der Waals surface area contributed by atoms with Crippen molar-refractivity contribution >= 4 is 12.0 Å². The number of nitrogens with zero attached hydrogens (tertiary/aromatic N) is 1. The maximum Gasteiger partial charge on any atom is 0.410 e. The molecule has 1 aliphatic rings. The first-order valence-electron chi connectivity index (χ1n) is 6.56. The summed E-state index contributed by atoms with van der Waals surface area (Å²) in [6.45, 7) is 6.42. The SMILES string of the molecule is C#CCCNC(=O)[C@@H]1CCCN1C(=O)OC(C)(C)C. The molecule has 0 spiro atoms. The first-order chi connectivity index (χ1) is 8.85. The smallest absolute Gasteiger partial charge is 0.410 e. The largest absolute Gasteiger partial charge is 0.444 e. The van der Waals surface area contributed by atoms with Gasteiger partial charge in [0.15, 0.2) is 0 Å². The maximum atomic E-state index is 12.0. The molecule has 0 aromatic rings. The zero-order valence-corrected chi connectivity index (χ0v) is 11.9. The molecule has 1 aliphatic heterocycles. The number of amides is 2. The van der Waals surface area contributed by atoms with E-state index in [0.717, 1.165) is 6.42 Å². The number of carbonyl (C=O) groups excluding carboxylic acids is 2. The molecule has 1 fully saturated rings. The fourth-order valence-electron chi connectivity index (χ4n) is 1.95. The van der Waals surface area contributed by atoms with Crippen LogP contribution in [0.15, 0.2) is 0 Å². The van der Waals surface area contributed by atoms with E-state index in [-0.39, 0.29) is 5.91 Å². The van der Waals surface area contributed by atoms with E-state index in [1.807, 2.05) is 20.8 Å². The molecule has 1 atom stereocenters. The monoisotopic (exact) mass is 266 g/mol. The minimum Gasteiger partial charge on any atom is -0.444 e. The Morgan fingerprint density at radius 2 is 2.16 bits per heavy atom. The average molecular weight is 266 g/mol. The number of ether oxygens (including phenoxy) is 1. The second-order valence-electron chi connectivity index (χ2n) is 5.58. The van der Waals surface area contributed by atoms with Gasteiger partial charge in [-0.15, -0.1) is 12.3 Å². The fourth-order valence-corrected chi connectivity index (χ4v) is 1.95. The molecule has 0 aromatic carbocycles. The average Bonchev–Trinajstić information content (AvgIpc) is 2.75. The first-order valence-corrected chi connectivity index (χ1v) is 6.56. The Labute approximate surface area is 114 Å². The van der Waals surface area contributed by atoms with Crippen LogP contribution in [0.5, 0.6) is 0 Å². The van der Waals surface area contributed by atoms with Gasteiger partial charge in [0.05, 0.1) is 0 Å². The van der Waals surface area contributed by atoms with Crippen LogP contribution in [-0.2, 0) is 9.53 Å². The lowest BCUT2D eigenvalue weighted by Crippen LogP contribution is -2.47. The Bertz CT molecular complexity index is 379. The van der Waals surface area contributed by atoms with Crippen LogP contribution in [0.1, 0.15) is 40.0 Å². The normalized spacial score (nSPS) is 18.8. The third kappa shape index (κ3) is 4.82.